The molecule has 0 radical (unpaired) electrons. The monoisotopic (exact) mass is 796 g/mol. The highest BCUT2D eigenvalue weighted by Gasteiger charge is 2.18. The van der Waals surface area contributed by atoms with E-state index >= 15 is 0 Å². The molecule has 0 fully saturated rings. The van der Waals surface area contributed by atoms with Gasteiger partial charge in [-0.3, -0.25) is 0 Å². The Bertz CT molecular complexity index is 2410. The van der Waals surface area contributed by atoms with Crippen molar-refractivity contribution in [1.82, 2.24) is 0 Å². The molecule has 0 spiro atoms. The first-order chi connectivity index (χ1) is 29.0. The van der Waals surface area contributed by atoms with Gasteiger partial charge in [0.05, 0.1) is 0 Å². The third-order valence-corrected chi connectivity index (χ3v) is 8.94. The Morgan fingerprint density at radius 3 is 1.07 bits per heavy atom. The summed E-state index contributed by atoms with van der Waals surface area (Å²) < 4.78 is 37.6. The standard InChI is InChI=1S/C52H41ClO6/c1-3-31-54-51-47(56-42-17-9-5-10-18-42)34-39(35-48(51)57-43-19-11-6-12-20-43)26-25-38-27-29-41(46(53)33-38)30-28-40-36-49(58-44-21-13-7-14-22-44)52(55-32-4-2)50(37-40)59-45-23-15-8-16-24-45/h3-30,33-37H,1-2,31-32H2. The van der Waals surface area contributed by atoms with Gasteiger partial charge in [-0.05, 0) is 101 Å². The van der Waals surface area contributed by atoms with Crippen LogP contribution in [0, 0.1) is 0 Å². The van der Waals surface area contributed by atoms with Crippen molar-refractivity contribution >= 4 is 35.9 Å². The fourth-order valence-electron chi connectivity index (χ4n) is 5.88. The van der Waals surface area contributed by atoms with Crippen molar-refractivity contribution in [2.75, 3.05) is 13.2 Å². The lowest BCUT2D eigenvalue weighted by Crippen LogP contribution is -2.00. The Morgan fingerprint density at radius 2 is 0.729 bits per heavy atom. The van der Waals surface area contributed by atoms with Gasteiger partial charge in [0.25, 0.3) is 0 Å². The Labute approximate surface area is 350 Å². The molecule has 7 aromatic rings. The summed E-state index contributed by atoms with van der Waals surface area (Å²) in [6, 6.07) is 51.7. The third-order valence-electron chi connectivity index (χ3n) is 8.61. The van der Waals surface area contributed by atoms with E-state index in [4.69, 9.17) is 40.0 Å². The summed E-state index contributed by atoms with van der Waals surface area (Å²) in [6.45, 7) is 8.18. The molecule has 0 unspecified atom stereocenters. The van der Waals surface area contributed by atoms with Crippen LogP contribution in [0.2, 0.25) is 5.02 Å². The zero-order chi connectivity index (χ0) is 40.7. The van der Waals surface area contributed by atoms with E-state index in [0.29, 0.717) is 62.5 Å². The molecule has 0 amide bonds. The van der Waals surface area contributed by atoms with Gasteiger partial charge < -0.3 is 28.4 Å². The van der Waals surface area contributed by atoms with Crippen LogP contribution in [0.3, 0.4) is 0 Å². The van der Waals surface area contributed by atoms with Crippen molar-refractivity contribution in [2.45, 2.75) is 0 Å². The zero-order valence-corrected chi connectivity index (χ0v) is 33.0. The molecule has 0 N–H and O–H groups in total. The van der Waals surface area contributed by atoms with E-state index in [1.807, 2.05) is 188 Å². The van der Waals surface area contributed by atoms with E-state index in [1.54, 1.807) is 12.2 Å². The predicted molar refractivity (Wildman–Crippen MR) is 240 cm³/mol. The Balaban J connectivity index is 1.18. The fraction of sp³-hybridized carbons (Fsp3) is 0.0385. The van der Waals surface area contributed by atoms with Gasteiger partial charge in [0.2, 0.25) is 11.5 Å². The molecule has 0 aromatic heterocycles. The second kappa shape index (κ2) is 20.1. The summed E-state index contributed by atoms with van der Waals surface area (Å²) in [7, 11) is 0. The first kappa shape index (κ1) is 39.8. The molecule has 0 aliphatic carbocycles. The van der Waals surface area contributed by atoms with Crippen LogP contribution in [-0.2, 0) is 0 Å². The first-order valence-electron chi connectivity index (χ1n) is 19.0. The van der Waals surface area contributed by atoms with E-state index in [2.05, 4.69) is 13.2 Å². The van der Waals surface area contributed by atoms with Gasteiger partial charge in [0.1, 0.15) is 36.2 Å². The summed E-state index contributed by atoms with van der Waals surface area (Å²) in [5, 5.41) is 0.574. The first-order valence-corrected chi connectivity index (χ1v) is 19.3. The zero-order valence-electron chi connectivity index (χ0n) is 32.2. The van der Waals surface area contributed by atoms with Crippen LogP contribution in [-0.4, -0.2) is 13.2 Å². The Morgan fingerprint density at radius 1 is 0.390 bits per heavy atom. The quantitative estimate of drug-likeness (QED) is 0.0637. The van der Waals surface area contributed by atoms with Crippen LogP contribution in [0.15, 0.2) is 189 Å². The van der Waals surface area contributed by atoms with Crippen LogP contribution in [0.4, 0.5) is 0 Å². The van der Waals surface area contributed by atoms with Gasteiger partial charge in [-0.1, -0.05) is 146 Å². The number of para-hydroxylation sites is 4. The maximum absolute atomic E-state index is 6.91. The Hall–Kier alpha value is -7.41. The van der Waals surface area contributed by atoms with Crippen molar-refractivity contribution in [3.63, 3.8) is 0 Å². The van der Waals surface area contributed by atoms with E-state index < -0.39 is 0 Å². The van der Waals surface area contributed by atoms with Crippen LogP contribution in [0.1, 0.15) is 22.3 Å². The number of halogens is 1. The van der Waals surface area contributed by atoms with Crippen LogP contribution in [0.5, 0.6) is 57.5 Å². The van der Waals surface area contributed by atoms with Crippen molar-refractivity contribution in [3.05, 3.63) is 216 Å². The summed E-state index contributed by atoms with van der Waals surface area (Å²) >= 11 is 6.91. The van der Waals surface area contributed by atoms with Crippen molar-refractivity contribution in [3.8, 4) is 57.5 Å². The molecule has 7 heteroatoms. The minimum Gasteiger partial charge on any atom is -0.482 e. The molecule has 6 nitrogen and oxygen atoms in total. The molecule has 59 heavy (non-hydrogen) atoms. The Kier molecular flexibility index (Phi) is 13.6. The van der Waals surface area contributed by atoms with Gasteiger partial charge in [-0.2, -0.15) is 0 Å². The largest absolute Gasteiger partial charge is 0.482 e. The minimum absolute atomic E-state index is 0.266. The lowest BCUT2D eigenvalue weighted by Gasteiger charge is -2.17. The minimum atomic E-state index is 0.266. The average Bonchev–Trinajstić information content (AvgIpc) is 3.26. The van der Waals surface area contributed by atoms with Crippen molar-refractivity contribution in [1.29, 1.82) is 0 Å². The number of hydrogen-bond donors (Lipinski definition) is 0. The van der Waals surface area contributed by atoms with Gasteiger partial charge in [-0.15, -0.1) is 0 Å². The molecule has 292 valence electrons. The summed E-state index contributed by atoms with van der Waals surface area (Å²) in [5.41, 5.74) is 3.37. The van der Waals surface area contributed by atoms with Gasteiger partial charge in [0.15, 0.2) is 23.0 Å². The third kappa shape index (κ3) is 11.1. The highest BCUT2D eigenvalue weighted by Crippen LogP contribution is 2.45. The molecule has 0 bridgehead atoms. The second-order valence-electron chi connectivity index (χ2n) is 13.0. The predicted octanol–water partition coefficient (Wildman–Crippen LogP) is 15.0. The SMILES string of the molecule is C=CCOc1c(Oc2ccccc2)cc(C=Cc2ccc(C=Cc3cc(Oc4ccccc4)c(OCC=C)c(Oc4ccccc4)c3)c(Cl)c2)cc1Oc1ccccc1. The van der Waals surface area contributed by atoms with Crippen molar-refractivity contribution in [2.24, 2.45) is 0 Å². The maximum atomic E-state index is 6.91. The molecule has 0 saturated heterocycles. The molecule has 0 heterocycles. The van der Waals surface area contributed by atoms with E-state index in [0.717, 1.165) is 22.3 Å². The average molecular weight is 797 g/mol. The maximum Gasteiger partial charge on any atom is 0.205 e. The van der Waals surface area contributed by atoms with Crippen LogP contribution >= 0.6 is 11.6 Å². The molecule has 0 aliphatic rings. The van der Waals surface area contributed by atoms with Crippen molar-refractivity contribution < 1.29 is 28.4 Å². The molecule has 0 aliphatic heterocycles. The lowest BCUT2D eigenvalue weighted by molar-refractivity contribution is 0.320. The molecular formula is C52H41ClO6. The smallest absolute Gasteiger partial charge is 0.205 e. The second-order valence-corrected chi connectivity index (χ2v) is 13.4. The van der Waals surface area contributed by atoms with E-state index in [1.165, 1.54) is 0 Å². The van der Waals surface area contributed by atoms with E-state index in [-0.39, 0.29) is 13.2 Å². The van der Waals surface area contributed by atoms with Gasteiger partial charge in [-0.25, -0.2) is 0 Å². The molecule has 0 atom stereocenters. The number of hydrogen-bond acceptors (Lipinski definition) is 6. The summed E-state index contributed by atoms with van der Waals surface area (Å²) in [6.07, 6.45) is 11.2. The normalized spacial score (nSPS) is 10.9. The van der Waals surface area contributed by atoms with Crippen LogP contribution < -0.4 is 28.4 Å². The molecule has 0 saturated carbocycles. The highest BCUT2D eigenvalue weighted by molar-refractivity contribution is 6.32. The fourth-order valence-corrected chi connectivity index (χ4v) is 6.13. The highest BCUT2D eigenvalue weighted by atomic mass is 35.5. The summed E-state index contributed by atoms with van der Waals surface area (Å²) in [4.78, 5) is 0. The molecular weight excluding hydrogens is 756 g/mol. The van der Waals surface area contributed by atoms with Crippen LogP contribution in [0.25, 0.3) is 24.3 Å². The topological polar surface area (TPSA) is 55.4 Å². The number of benzene rings is 7. The number of rotatable bonds is 18. The summed E-state index contributed by atoms with van der Waals surface area (Å²) in [5.74, 6) is 5.55. The number of ether oxygens (including phenoxy) is 6. The molecule has 7 aromatic carbocycles. The molecule has 7 rings (SSSR count). The van der Waals surface area contributed by atoms with Gasteiger partial charge >= 0.3 is 0 Å². The van der Waals surface area contributed by atoms with Gasteiger partial charge in [0, 0.05) is 5.02 Å². The van der Waals surface area contributed by atoms with E-state index in [9.17, 15) is 0 Å². The lowest BCUT2D eigenvalue weighted by atomic mass is 10.1.